The van der Waals surface area contributed by atoms with Crippen LogP contribution in [0, 0.1) is 13.8 Å². The summed E-state index contributed by atoms with van der Waals surface area (Å²) in [6, 6.07) is 0. The second-order valence-corrected chi connectivity index (χ2v) is 3.10. The molecular formula is C7H11N7. The lowest BCUT2D eigenvalue weighted by Crippen LogP contribution is -2.07. The lowest BCUT2D eigenvalue weighted by Gasteiger charge is -2.00. The fourth-order valence-corrected chi connectivity index (χ4v) is 1.25. The summed E-state index contributed by atoms with van der Waals surface area (Å²) in [6.07, 6.45) is 0. The van der Waals surface area contributed by atoms with E-state index in [-0.39, 0.29) is 0 Å². The van der Waals surface area contributed by atoms with Crippen LogP contribution in [0.4, 0.5) is 5.69 Å². The van der Waals surface area contributed by atoms with E-state index < -0.39 is 0 Å². The van der Waals surface area contributed by atoms with Crippen LogP contribution in [0.5, 0.6) is 0 Å². The predicted octanol–water partition coefficient (Wildman–Crippen LogP) is -0.405. The van der Waals surface area contributed by atoms with Crippen LogP contribution in [0.15, 0.2) is 0 Å². The molecule has 0 fully saturated rings. The molecule has 0 aromatic carbocycles. The van der Waals surface area contributed by atoms with Crippen molar-refractivity contribution in [3.63, 3.8) is 0 Å². The lowest BCUT2D eigenvalue weighted by molar-refractivity contribution is 0.663. The van der Waals surface area contributed by atoms with Gasteiger partial charge in [-0.05, 0) is 24.3 Å². The van der Waals surface area contributed by atoms with Crippen LogP contribution in [0.2, 0.25) is 0 Å². The van der Waals surface area contributed by atoms with Crippen molar-refractivity contribution in [3.8, 4) is 5.95 Å². The van der Waals surface area contributed by atoms with Crippen LogP contribution >= 0.6 is 0 Å². The van der Waals surface area contributed by atoms with Gasteiger partial charge in [-0.1, -0.05) is 5.10 Å². The Morgan fingerprint density at radius 3 is 2.43 bits per heavy atom. The van der Waals surface area contributed by atoms with Crippen LogP contribution in [0.1, 0.15) is 11.4 Å². The fourth-order valence-electron chi connectivity index (χ4n) is 1.25. The Balaban J connectivity index is 2.63. The van der Waals surface area contributed by atoms with Gasteiger partial charge in [-0.2, -0.15) is 9.78 Å². The molecule has 7 nitrogen and oxygen atoms in total. The predicted molar refractivity (Wildman–Crippen MR) is 49.8 cm³/mol. The van der Waals surface area contributed by atoms with E-state index in [1.807, 2.05) is 13.8 Å². The van der Waals surface area contributed by atoms with E-state index in [9.17, 15) is 0 Å². The lowest BCUT2D eigenvalue weighted by atomic mass is 10.3. The van der Waals surface area contributed by atoms with Gasteiger partial charge in [0.05, 0.1) is 17.1 Å². The topological polar surface area (TPSA) is 87.4 Å². The first-order valence-corrected chi connectivity index (χ1v) is 4.15. The number of anilines is 1. The van der Waals surface area contributed by atoms with Gasteiger partial charge in [0, 0.05) is 7.05 Å². The number of hydrogen-bond donors (Lipinski definition) is 1. The first-order chi connectivity index (χ1) is 6.61. The second kappa shape index (κ2) is 2.79. The molecule has 0 aliphatic heterocycles. The molecule has 2 aromatic heterocycles. The minimum absolute atomic E-state index is 0.558. The molecule has 0 spiro atoms. The number of hydrogen-bond acceptors (Lipinski definition) is 5. The zero-order valence-electron chi connectivity index (χ0n) is 8.26. The van der Waals surface area contributed by atoms with E-state index >= 15 is 0 Å². The molecule has 2 heterocycles. The molecule has 0 saturated heterocycles. The van der Waals surface area contributed by atoms with Gasteiger partial charge < -0.3 is 5.73 Å². The van der Waals surface area contributed by atoms with Crippen molar-refractivity contribution >= 4 is 5.69 Å². The molecule has 0 aliphatic rings. The van der Waals surface area contributed by atoms with Crippen LogP contribution in [0.3, 0.4) is 0 Å². The van der Waals surface area contributed by atoms with Crippen molar-refractivity contribution < 1.29 is 0 Å². The average Bonchev–Trinajstić information content (AvgIpc) is 2.66. The Morgan fingerprint density at radius 2 is 2.00 bits per heavy atom. The molecule has 0 saturated carbocycles. The smallest absolute Gasteiger partial charge is 0.270 e. The summed E-state index contributed by atoms with van der Waals surface area (Å²) in [5, 5.41) is 15.4. The van der Waals surface area contributed by atoms with Crippen molar-refractivity contribution in [2.45, 2.75) is 13.8 Å². The third-order valence-electron chi connectivity index (χ3n) is 2.13. The van der Waals surface area contributed by atoms with E-state index in [4.69, 9.17) is 5.73 Å². The van der Waals surface area contributed by atoms with Gasteiger partial charge in [-0.15, -0.1) is 0 Å². The maximum Gasteiger partial charge on any atom is 0.270 e. The van der Waals surface area contributed by atoms with E-state index in [1.165, 1.54) is 0 Å². The zero-order valence-corrected chi connectivity index (χ0v) is 8.26. The van der Waals surface area contributed by atoms with Gasteiger partial charge in [0.15, 0.2) is 0 Å². The molecule has 0 bridgehead atoms. The number of nitrogen functional groups attached to an aromatic ring is 1. The minimum Gasteiger partial charge on any atom is -0.396 e. The molecule has 2 N–H and O–H groups in total. The number of aryl methyl sites for hydroxylation is 2. The van der Waals surface area contributed by atoms with Crippen molar-refractivity contribution in [2.75, 3.05) is 5.73 Å². The van der Waals surface area contributed by atoms with E-state index in [0.717, 1.165) is 11.4 Å². The van der Waals surface area contributed by atoms with Gasteiger partial charge in [0.25, 0.3) is 5.95 Å². The standard InChI is InChI=1S/C7H11N7/c1-4-6(8)5(2)14(10-4)7-9-11-12-13(7)3/h8H2,1-3H3. The molecule has 2 aromatic rings. The van der Waals surface area contributed by atoms with Gasteiger partial charge in [-0.25, -0.2) is 4.68 Å². The van der Waals surface area contributed by atoms with Crippen molar-refractivity contribution in [2.24, 2.45) is 7.05 Å². The molecular weight excluding hydrogens is 182 g/mol. The fraction of sp³-hybridized carbons (Fsp3) is 0.429. The Hall–Kier alpha value is -1.92. The van der Waals surface area contributed by atoms with Crippen molar-refractivity contribution in [1.29, 1.82) is 0 Å². The number of rotatable bonds is 1. The first kappa shape index (κ1) is 8.67. The molecule has 7 heteroatoms. The number of nitrogens with zero attached hydrogens (tertiary/aromatic N) is 6. The Morgan fingerprint density at radius 1 is 1.29 bits per heavy atom. The monoisotopic (exact) mass is 193 g/mol. The zero-order chi connectivity index (χ0) is 10.3. The largest absolute Gasteiger partial charge is 0.396 e. The van der Waals surface area contributed by atoms with Crippen LogP contribution < -0.4 is 5.73 Å². The SMILES string of the molecule is Cc1nn(-c2nnnn2C)c(C)c1N. The molecule has 0 aliphatic carbocycles. The summed E-state index contributed by atoms with van der Waals surface area (Å²) >= 11 is 0. The summed E-state index contributed by atoms with van der Waals surface area (Å²) in [7, 11) is 1.75. The first-order valence-electron chi connectivity index (χ1n) is 4.15. The maximum absolute atomic E-state index is 5.80. The third kappa shape index (κ3) is 1.05. The van der Waals surface area contributed by atoms with Gasteiger partial charge in [0.2, 0.25) is 0 Å². The maximum atomic E-state index is 5.80. The molecule has 0 unspecified atom stereocenters. The highest BCUT2D eigenvalue weighted by Gasteiger charge is 2.13. The Kier molecular flexibility index (Phi) is 1.73. The highest BCUT2D eigenvalue weighted by molar-refractivity contribution is 5.48. The summed E-state index contributed by atoms with van der Waals surface area (Å²) in [5.74, 6) is 0.558. The quantitative estimate of drug-likeness (QED) is 0.665. The van der Waals surface area contributed by atoms with E-state index in [2.05, 4.69) is 20.6 Å². The number of aromatic nitrogens is 6. The number of nitrogens with two attached hydrogens (primary N) is 1. The Labute approximate surface area is 80.5 Å². The van der Waals surface area contributed by atoms with Crippen LogP contribution in [-0.2, 0) is 7.05 Å². The summed E-state index contributed by atoms with van der Waals surface area (Å²) in [5.41, 5.74) is 8.10. The van der Waals surface area contributed by atoms with Gasteiger partial charge in [0.1, 0.15) is 0 Å². The highest BCUT2D eigenvalue weighted by atomic mass is 15.6. The van der Waals surface area contributed by atoms with Gasteiger partial charge in [-0.3, -0.25) is 0 Å². The van der Waals surface area contributed by atoms with Crippen molar-refractivity contribution in [3.05, 3.63) is 11.4 Å². The van der Waals surface area contributed by atoms with Gasteiger partial charge >= 0.3 is 0 Å². The molecule has 0 amide bonds. The molecule has 0 atom stereocenters. The average molecular weight is 193 g/mol. The van der Waals surface area contributed by atoms with Crippen LogP contribution in [-0.4, -0.2) is 30.0 Å². The van der Waals surface area contributed by atoms with Crippen LogP contribution in [0.25, 0.3) is 5.95 Å². The third-order valence-corrected chi connectivity index (χ3v) is 2.13. The van der Waals surface area contributed by atoms with E-state index in [0.29, 0.717) is 11.6 Å². The molecule has 14 heavy (non-hydrogen) atoms. The summed E-state index contributed by atoms with van der Waals surface area (Å²) in [4.78, 5) is 0. The molecule has 2 rings (SSSR count). The summed E-state index contributed by atoms with van der Waals surface area (Å²) < 4.78 is 3.17. The number of tetrazole rings is 1. The van der Waals surface area contributed by atoms with E-state index in [1.54, 1.807) is 16.4 Å². The highest BCUT2D eigenvalue weighted by Crippen LogP contribution is 2.16. The normalized spacial score (nSPS) is 10.8. The Bertz CT molecular complexity index is 466. The minimum atomic E-state index is 0.558. The molecule has 0 radical (unpaired) electrons. The summed E-state index contributed by atoms with van der Waals surface area (Å²) in [6.45, 7) is 3.73. The molecule has 74 valence electrons. The second-order valence-electron chi connectivity index (χ2n) is 3.10. The van der Waals surface area contributed by atoms with Crippen molar-refractivity contribution in [1.82, 2.24) is 30.0 Å².